The van der Waals surface area contributed by atoms with Crippen molar-refractivity contribution >= 4 is 72.4 Å². The molecule has 0 atom stereocenters. The monoisotopic (exact) mass is 825 g/mol. The Hall–Kier alpha value is -7.85. The second-order valence-corrected chi connectivity index (χ2v) is 21.2. The van der Waals surface area contributed by atoms with Gasteiger partial charge < -0.3 is 0 Å². The Labute approximate surface area is 367 Å². The summed E-state index contributed by atoms with van der Waals surface area (Å²) in [6.45, 7) is 6.90. The molecule has 0 amide bonds. The third-order valence-electron chi connectivity index (χ3n) is 12.7. The molecule has 0 saturated carbocycles. The highest BCUT2D eigenvalue weighted by molar-refractivity contribution is 7.20. The minimum Gasteiger partial charge on any atom is -0.294 e. The maximum Gasteiger partial charge on any atom is 0.237 e. The Bertz CT molecular complexity index is 3410. The zero-order valence-electron chi connectivity index (χ0n) is 35.4. The fraction of sp³-hybridized carbons (Fsp3) is 0.0702. The molecule has 0 unspecified atom stereocenters. The molecule has 0 N–H and O–H groups in total. The van der Waals surface area contributed by atoms with Crippen molar-refractivity contribution in [2.24, 2.45) is 0 Å². The van der Waals surface area contributed by atoms with Gasteiger partial charge in [-0.1, -0.05) is 178 Å². The van der Waals surface area contributed by atoms with Gasteiger partial charge in [0.25, 0.3) is 0 Å². The molecule has 11 aromatic rings. The number of nitrogens with zero attached hydrogens (tertiary/aromatic N) is 5. The topological polar surface area (TPSA) is 59.4 Å². The van der Waals surface area contributed by atoms with E-state index in [1.807, 2.05) is 18.2 Å². The van der Waals surface area contributed by atoms with Crippen LogP contribution in [-0.2, 0) is 5.41 Å². The molecule has 6 heteroatoms. The third-order valence-corrected chi connectivity index (χ3v) is 17.4. The van der Waals surface area contributed by atoms with Gasteiger partial charge in [-0.15, -0.1) is 0 Å². The number of rotatable bonds is 7. The summed E-state index contributed by atoms with van der Waals surface area (Å²) in [5.74, 6) is 1.33. The standard InChI is InChI=1S/C57H43N5Si/c1-57(2,3)41-34-40(35-45(36-41)63(42-19-7-4-8-20-42,43-21-9-5-10-22-43)44-23-11-6-12-24-44)50-37-55(61-51-28-16-15-27-48(51)49-33-39(38-58)31-32-54(49)61)60-56(59-50)62-52-29-17-13-25-46(52)47-26-14-18-30-53(47)62/h4-37H,1-3H3. The van der Waals surface area contributed by atoms with Gasteiger partial charge in [0.05, 0.1) is 39.4 Å². The zero-order valence-corrected chi connectivity index (χ0v) is 36.4. The van der Waals surface area contributed by atoms with Crippen LogP contribution in [0.2, 0.25) is 0 Å². The van der Waals surface area contributed by atoms with E-state index in [2.05, 4.69) is 224 Å². The maximum absolute atomic E-state index is 9.97. The van der Waals surface area contributed by atoms with Crippen molar-refractivity contribution in [1.29, 1.82) is 5.26 Å². The Morgan fingerprint density at radius 1 is 0.444 bits per heavy atom. The van der Waals surface area contributed by atoms with Crippen molar-refractivity contribution in [3.8, 4) is 29.1 Å². The van der Waals surface area contributed by atoms with Crippen molar-refractivity contribution in [1.82, 2.24) is 19.1 Å². The summed E-state index contributed by atoms with van der Waals surface area (Å²) >= 11 is 0. The average molecular weight is 826 g/mol. The fourth-order valence-corrected chi connectivity index (χ4v) is 14.5. The lowest BCUT2D eigenvalue weighted by atomic mass is 9.86. The van der Waals surface area contributed by atoms with Crippen LogP contribution in [0.1, 0.15) is 31.9 Å². The quantitative estimate of drug-likeness (QED) is 0.119. The first-order chi connectivity index (χ1) is 30.8. The molecule has 11 rings (SSSR count). The molecule has 8 aromatic carbocycles. The van der Waals surface area contributed by atoms with E-state index in [9.17, 15) is 5.26 Å². The summed E-state index contributed by atoms with van der Waals surface area (Å²) in [6.07, 6.45) is 0. The normalized spacial score (nSPS) is 12.0. The fourth-order valence-electron chi connectivity index (χ4n) is 9.70. The van der Waals surface area contributed by atoms with Crippen molar-refractivity contribution in [3.63, 3.8) is 0 Å². The van der Waals surface area contributed by atoms with Gasteiger partial charge >= 0.3 is 0 Å². The molecular formula is C57H43N5Si. The molecule has 0 spiro atoms. The molecule has 3 heterocycles. The van der Waals surface area contributed by atoms with Crippen LogP contribution in [0.5, 0.6) is 0 Å². The minimum absolute atomic E-state index is 0.189. The van der Waals surface area contributed by atoms with Crippen molar-refractivity contribution in [2.45, 2.75) is 26.2 Å². The van der Waals surface area contributed by atoms with Crippen LogP contribution < -0.4 is 20.7 Å². The second-order valence-electron chi connectivity index (χ2n) is 17.4. The number of benzene rings is 8. The summed E-state index contributed by atoms with van der Waals surface area (Å²) < 4.78 is 4.45. The molecule has 0 aliphatic carbocycles. The summed E-state index contributed by atoms with van der Waals surface area (Å²) in [5, 5.41) is 19.6. The molecule has 0 bridgehead atoms. The summed E-state index contributed by atoms with van der Waals surface area (Å²) in [7, 11) is -2.94. The molecular weight excluding hydrogens is 783 g/mol. The number of hydrogen-bond donors (Lipinski definition) is 0. The maximum atomic E-state index is 9.97. The van der Waals surface area contributed by atoms with Gasteiger partial charge in [-0.25, -0.2) is 4.98 Å². The number of aromatic nitrogens is 4. The highest BCUT2D eigenvalue weighted by Crippen LogP contribution is 2.36. The summed E-state index contributed by atoms with van der Waals surface area (Å²) in [6, 6.07) is 76.4. The highest BCUT2D eigenvalue weighted by Gasteiger charge is 2.42. The molecule has 0 aliphatic rings. The van der Waals surface area contributed by atoms with Crippen LogP contribution >= 0.6 is 0 Å². The molecule has 5 nitrogen and oxygen atoms in total. The Morgan fingerprint density at radius 2 is 0.921 bits per heavy atom. The van der Waals surface area contributed by atoms with Crippen LogP contribution in [0.25, 0.3) is 66.6 Å². The zero-order chi connectivity index (χ0) is 42.7. The minimum atomic E-state index is -2.94. The summed E-state index contributed by atoms with van der Waals surface area (Å²) in [4.78, 5) is 11.1. The number of para-hydroxylation sites is 3. The molecule has 0 aliphatic heterocycles. The van der Waals surface area contributed by atoms with Crippen LogP contribution in [0.15, 0.2) is 206 Å². The Balaban J connectivity index is 1.27. The number of nitriles is 1. The molecule has 3 aromatic heterocycles. The lowest BCUT2D eigenvalue weighted by Gasteiger charge is -2.36. The van der Waals surface area contributed by atoms with E-state index in [1.165, 1.54) is 26.3 Å². The van der Waals surface area contributed by atoms with E-state index in [-0.39, 0.29) is 5.41 Å². The predicted molar refractivity (Wildman–Crippen MR) is 263 cm³/mol. The predicted octanol–water partition coefficient (Wildman–Crippen LogP) is 10.9. The van der Waals surface area contributed by atoms with Crippen LogP contribution in [-0.4, -0.2) is 27.2 Å². The summed E-state index contributed by atoms with van der Waals surface area (Å²) in [5.41, 5.74) is 7.56. The van der Waals surface area contributed by atoms with E-state index >= 15 is 0 Å². The second kappa shape index (κ2) is 14.9. The van der Waals surface area contributed by atoms with Gasteiger partial charge in [0.2, 0.25) is 5.95 Å². The van der Waals surface area contributed by atoms with Gasteiger partial charge in [0.1, 0.15) is 5.82 Å². The van der Waals surface area contributed by atoms with Gasteiger partial charge in [0.15, 0.2) is 8.07 Å². The average Bonchev–Trinajstić information content (AvgIpc) is 3.85. The van der Waals surface area contributed by atoms with E-state index in [0.29, 0.717) is 11.5 Å². The van der Waals surface area contributed by atoms with Crippen LogP contribution in [0, 0.1) is 11.3 Å². The van der Waals surface area contributed by atoms with Gasteiger partial charge in [-0.3, -0.25) is 9.13 Å². The molecule has 0 radical (unpaired) electrons. The number of fused-ring (bicyclic) bond motifs is 6. The first-order valence-electron chi connectivity index (χ1n) is 21.5. The van der Waals surface area contributed by atoms with Crippen molar-refractivity contribution < 1.29 is 0 Å². The first-order valence-corrected chi connectivity index (χ1v) is 23.5. The molecule has 300 valence electrons. The largest absolute Gasteiger partial charge is 0.294 e. The van der Waals surface area contributed by atoms with E-state index < -0.39 is 8.07 Å². The van der Waals surface area contributed by atoms with E-state index in [0.717, 1.165) is 60.7 Å². The van der Waals surface area contributed by atoms with Gasteiger partial charge in [-0.2, -0.15) is 10.2 Å². The van der Waals surface area contributed by atoms with Gasteiger partial charge in [-0.05, 0) is 74.2 Å². The van der Waals surface area contributed by atoms with E-state index in [4.69, 9.17) is 9.97 Å². The Kier molecular flexibility index (Phi) is 9.04. The molecule has 0 saturated heterocycles. The smallest absolute Gasteiger partial charge is 0.237 e. The van der Waals surface area contributed by atoms with Crippen LogP contribution in [0.3, 0.4) is 0 Å². The van der Waals surface area contributed by atoms with Crippen molar-refractivity contribution in [3.05, 3.63) is 217 Å². The third kappa shape index (κ3) is 6.20. The number of hydrogen-bond acceptors (Lipinski definition) is 3. The lowest BCUT2D eigenvalue weighted by Crippen LogP contribution is -2.74. The van der Waals surface area contributed by atoms with Gasteiger partial charge in [0, 0.05) is 33.2 Å². The van der Waals surface area contributed by atoms with Crippen LogP contribution in [0.4, 0.5) is 0 Å². The lowest BCUT2D eigenvalue weighted by molar-refractivity contribution is 0.591. The first kappa shape index (κ1) is 38.1. The SMILES string of the molecule is CC(C)(C)c1cc(-c2cc(-n3c4ccccc4c4cc(C#N)ccc43)nc(-n3c4ccccc4c4ccccc43)n2)cc([Si](c2ccccc2)(c2ccccc2)c2ccccc2)c1. The van der Waals surface area contributed by atoms with E-state index in [1.54, 1.807) is 0 Å². The Morgan fingerprint density at radius 3 is 1.44 bits per heavy atom. The molecule has 63 heavy (non-hydrogen) atoms. The highest BCUT2D eigenvalue weighted by atomic mass is 28.3. The molecule has 0 fully saturated rings. The van der Waals surface area contributed by atoms with Crippen molar-refractivity contribution in [2.75, 3.05) is 0 Å².